The Morgan fingerprint density at radius 3 is 2.45 bits per heavy atom. The van der Waals surface area contributed by atoms with Crippen molar-refractivity contribution in [2.75, 3.05) is 40.5 Å². The summed E-state index contributed by atoms with van der Waals surface area (Å²) in [6.45, 7) is 4.52. The van der Waals surface area contributed by atoms with E-state index in [1.54, 1.807) is 19.2 Å². The standard InChI is InChI=1S/C25H30ClN3O4/c1-17-5-6-20(13-18(17)2)22-14-23(19-7-9-21(26)10-8-19)29(27-22)24(30)15-28(11-12-32-3)25(31)16-33-4/h5-10,13,23H,11-12,14-16H2,1-4H3/t23-/m0/s1. The van der Waals surface area contributed by atoms with Crippen molar-refractivity contribution in [3.8, 4) is 0 Å². The van der Waals surface area contributed by atoms with Crippen LogP contribution in [0.4, 0.5) is 0 Å². The molecule has 0 unspecified atom stereocenters. The largest absolute Gasteiger partial charge is 0.383 e. The van der Waals surface area contributed by atoms with Crippen LogP contribution < -0.4 is 0 Å². The summed E-state index contributed by atoms with van der Waals surface area (Å²) in [5.74, 6) is -0.544. The molecule has 0 N–H and O–H groups in total. The Morgan fingerprint density at radius 1 is 1.09 bits per heavy atom. The molecule has 1 atom stereocenters. The van der Waals surface area contributed by atoms with Crippen LogP contribution in [0.15, 0.2) is 47.6 Å². The highest BCUT2D eigenvalue weighted by Gasteiger charge is 2.34. The normalized spacial score (nSPS) is 15.5. The Bertz CT molecular complexity index is 1020. The van der Waals surface area contributed by atoms with E-state index in [1.807, 2.05) is 18.2 Å². The van der Waals surface area contributed by atoms with Crippen molar-refractivity contribution < 1.29 is 19.1 Å². The first-order valence-corrected chi connectivity index (χ1v) is 11.2. The van der Waals surface area contributed by atoms with Crippen LogP contribution in [0.2, 0.25) is 5.02 Å². The van der Waals surface area contributed by atoms with Crippen LogP contribution in [-0.2, 0) is 19.1 Å². The fraction of sp³-hybridized carbons (Fsp3) is 0.400. The van der Waals surface area contributed by atoms with Gasteiger partial charge in [-0.15, -0.1) is 0 Å². The van der Waals surface area contributed by atoms with Gasteiger partial charge in [0.1, 0.15) is 13.2 Å². The molecule has 176 valence electrons. The van der Waals surface area contributed by atoms with E-state index >= 15 is 0 Å². The number of hydrogen-bond donors (Lipinski definition) is 0. The molecule has 0 saturated carbocycles. The summed E-state index contributed by atoms with van der Waals surface area (Å²) in [6, 6.07) is 13.3. The van der Waals surface area contributed by atoms with Gasteiger partial charge in [0.05, 0.1) is 18.4 Å². The average Bonchev–Trinajstić information content (AvgIpc) is 3.24. The molecule has 0 fully saturated rings. The van der Waals surface area contributed by atoms with Gasteiger partial charge in [-0.1, -0.05) is 35.9 Å². The number of amides is 2. The lowest BCUT2D eigenvalue weighted by atomic mass is 9.96. The third-order valence-electron chi connectivity index (χ3n) is 5.77. The Labute approximate surface area is 199 Å². The van der Waals surface area contributed by atoms with Crippen LogP contribution in [0.3, 0.4) is 0 Å². The molecular weight excluding hydrogens is 442 g/mol. The summed E-state index contributed by atoms with van der Waals surface area (Å²) in [5, 5.41) is 6.83. The van der Waals surface area contributed by atoms with Crippen molar-refractivity contribution >= 4 is 29.1 Å². The second-order valence-corrected chi connectivity index (χ2v) is 8.53. The van der Waals surface area contributed by atoms with Crippen molar-refractivity contribution in [2.45, 2.75) is 26.3 Å². The summed E-state index contributed by atoms with van der Waals surface area (Å²) < 4.78 is 10.1. The van der Waals surface area contributed by atoms with Crippen LogP contribution in [-0.4, -0.2) is 68.0 Å². The number of carbonyl (C=O) groups is 2. The third kappa shape index (κ3) is 6.19. The number of aryl methyl sites for hydroxylation is 2. The molecule has 1 heterocycles. The zero-order valence-corrected chi connectivity index (χ0v) is 20.3. The minimum atomic E-state index is -0.284. The molecule has 1 aliphatic rings. The van der Waals surface area contributed by atoms with Gasteiger partial charge in [0.15, 0.2) is 0 Å². The molecule has 3 rings (SSSR count). The van der Waals surface area contributed by atoms with E-state index in [2.05, 4.69) is 26.0 Å². The van der Waals surface area contributed by atoms with Gasteiger partial charge in [0.2, 0.25) is 5.91 Å². The average molecular weight is 472 g/mol. The molecule has 0 saturated heterocycles. The van der Waals surface area contributed by atoms with Crippen LogP contribution in [0.1, 0.15) is 34.7 Å². The molecule has 0 aliphatic carbocycles. The van der Waals surface area contributed by atoms with Crippen LogP contribution in [0, 0.1) is 13.8 Å². The summed E-state index contributed by atoms with van der Waals surface area (Å²) in [7, 11) is 3.00. The van der Waals surface area contributed by atoms with Gasteiger partial charge in [-0.25, -0.2) is 5.01 Å². The van der Waals surface area contributed by atoms with Crippen molar-refractivity contribution in [1.82, 2.24) is 9.91 Å². The number of hydrazone groups is 1. The Morgan fingerprint density at radius 2 is 1.82 bits per heavy atom. The van der Waals surface area contributed by atoms with E-state index in [9.17, 15) is 9.59 Å². The maximum absolute atomic E-state index is 13.4. The Hall–Kier alpha value is -2.74. The van der Waals surface area contributed by atoms with Gasteiger partial charge < -0.3 is 14.4 Å². The number of carbonyl (C=O) groups excluding carboxylic acids is 2. The number of benzene rings is 2. The van der Waals surface area contributed by atoms with E-state index in [0.29, 0.717) is 18.1 Å². The molecule has 0 aromatic heterocycles. The topological polar surface area (TPSA) is 71.4 Å². The summed E-state index contributed by atoms with van der Waals surface area (Å²) in [4.78, 5) is 27.3. The summed E-state index contributed by atoms with van der Waals surface area (Å²) >= 11 is 6.08. The van der Waals surface area contributed by atoms with Gasteiger partial charge in [0.25, 0.3) is 5.91 Å². The minimum Gasteiger partial charge on any atom is -0.383 e. The first kappa shape index (κ1) is 24.9. The van der Waals surface area contributed by atoms with E-state index in [-0.39, 0.29) is 37.6 Å². The van der Waals surface area contributed by atoms with E-state index < -0.39 is 0 Å². The smallest absolute Gasteiger partial charge is 0.262 e. The molecular formula is C25H30ClN3O4. The molecule has 2 amide bonds. The highest BCUT2D eigenvalue weighted by Crippen LogP contribution is 2.33. The van der Waals surface area contributed by atoms with Gasteiger partial charge in [-0.05, 0) is 54.3 Å². The third-order valence-corrected chi connectivity index (χ3v) is 6.02. The van der Waals surface area contributed by atoms with Gasteiger partial charge >= 0.3 is 0 Å². The number of halogens is 1. The molecule has 1 aliphatic heterocycles. The summed E-state index contributed by atoms with van der Waals surface area (Å²) in [6.07, 6.45) is 0.569. The predicted molar refractivity (Wildman–Crippen MR) is 128 cm³/mol. The van der Waals surface area contributed by atoms with Gasteiger partial charge in [-0.3, -0.25) is 9.59 Å². The second kappa shape index (κ2) is 11.4. The quantitative estimate of drug-likeness (QED) is 0.558. The molecule has 7 nitrogen and oxygen atoms in total. The zero-order chi connectivity index (χ0) is 24.0. The fourth-order valence-electron chi connectivity index (χ4n) is 3.72. The summed E-state index contributed by atoms with van der Waals surface area (Å²) in [5.41, 5.74) is 5.11. The maximum atomic E-state index is 13.4. The highest BCUT2D eigenvalue weighted by molar-refractivity contribution is 6.30. The molecule has 0 bridgehead atoms. The molecule has 8 heteroatoms. The molecule has 2 aromatic rings. The molecule has 2 aromatic carbocycles. The molecule has 33 heavy (non-hydrogen) atoms. The zero-order valence-electron chi connectivity index (χ0n) is 19.5. The Balaban J connectivity index is 1.90. The van der Waals surface area contributed by atoms with E-state index in [4.69, 9.17) is 26.2 Å². The number of methoxy groups -OCH3 is 2. The monoisotopic (exact) mass is 471 g/mol. The lowest BCUT2D eigenvalue weighted by Crippen LogP contribution is -2.44. The minimum absolute atomic E-state index is 0.102. The first-order chi connectivity index (χ1) is 15.8. The SMILES string of the molecule is COCCN(CC(=O)N1N=C(c2ccc(C)c(C)c2)C[C@H]1c1ccc(Cl)cc1)C(=O)COC. The predicted octanol–water partition coefficient (Wildman–Crippen LogP) is 3.76. The first-order valence-electron chi connectivity index (χ1n) is 10.8. The van der Waals surface area contributed by atoms with Gasteiger partial charge in [-0.2, -0.15) is 5.10 Å². The number of hydrogen-bond acceptors (Lipinski definition) is 5. The van der Waals surface area contributed by atoms with E-state index in [1.165, 1.54) is 28.1 Å². The number of ether oxygens (including phenoxy) is 2. The second-order valence-electron chi connectivity index (χ2n) is 8.10. The lowest BCUT2D eigenvalue weighted by Gasteiger charge is -2.26. The van der Waals surface area contributed by atoms with Crippen LogP contribution in [0.5, 0.6) is 0 Å². The molecule has 0 radical (unpaired) electrons. The maximum Gasteiger partial charge on any atom is 0.262 e. The molecule has 0 spiro atoms. The van der Waals surface area contributed by atoms with Crippen molar-refractivity contribution in [3.63, 3.8) is 0 Å². The van der Waals surface area contributed by atoms with Crippen LogP contribution >= 0.6 is 11.6 Å². The van der Waals surface area contributed by atoms with Crippen LogP contribution in [0.25, 0.3) is 0 Å². The Kier molecular flexibility index (Phi) is 8.61. The highest BCUT2D eigenvalue weighted by atomic mass is 35.5. The van der Waals surface area contributed by atoms with Gasteiger partial charge in [0, 0.05) is 32.2 Å². The van der Waals surface area contributed by atoms with Crippen molar-refractivity contribution in [3.05, 3.63) is 69.7 Å². The number of nitrogens with zero attached hydrogens (tertiary/aromatic N) is 3. The van der Waals surface area contributed by atoms with Crippen molar-refractivity contribution in [1.29, 1.82) is 0 Å². The fourth-order valence-corrected chi connectivity index (χ4v) is 3.85. The van der Waals surface area contributed by atoms with Crippen molar-refractivity contribution in [2.24, 2.45) is 5.10 Å². The van der Waals surface area contributed by atoms with E-state index in [0.717, 1.165) is 16.8 Å². The lowest BCUT2D eigenvalue weighted by molar-refractivity contribution is -0.144. The number of rotatable bonds is 9.